The molecule has 0 bridgehead atoms. The van der Waals surface area contributed by atoms with E-state index in [4.69, 9.17) is 0 Å². The van der Waals surface area contributed by atoms with Crippen molar-refractivity contribution >= 4 is 34.9 Å². The fourth-order valence-corrected chi connectivity index (χ4v) is 6.64. The van der Waals surface area contributed by atoms with Crippen LogP contribution in [-0.2, 0) is 0 Å². The van der Waals surface area contributed by atoms with E-state index < -0.39 is 20.4 Å². The van der Waals surface area contributed by atoms with Crippen LogP contribution < -0.4 is 31.8 Å². The molecule has 1 heterocycles. The van der Waals surface area contributed by atoms with Crippen molar-refractivity contribution in [2.75, 3.05) is 33.1 Å². The molecular weight excluding hydrogens is 512 g/mol. The molecule has 0 spiro atoms. The smallest absolute Gasteiger partial charge is 1.00 e. The number of rotatable bonds is 2. The molecule has 0 atom stereocenters. The van der Waals surface area contributed by atoms with E-state index in [9.17, 15) is 0 Å². The first-order valence-corrected chi connectivity index (χ1v) is 11.1. The number of halogens is 1. The molecule has 27 heavy (non-hydrogen) atoms. The number of hydrogen-bond acceptors (Lipinski definition) is 1. The summed E-state index contributed by atoms with van der Waals surface area (Å²) in [5.41, 5.74) is 5.38. The van der Waals surface area contributed by atoms with Crippen LogP contribution in [0.15, 0.2) is 66.7 Å². The summed E-state index contributed by atoms with van der Waals surface area (Å²) < 4.78 is 5.26. The molecule has 2 aromatic carbocycles. The molecule has 0 saturated heterocycles. The summed E-state index contributed by atoms with van der Waals surface area (Å²) in [6.45, 7) is 0. The standard InChI is InChI=1S/C23H23N2Te.BrH/c1-24(2)17-10-12-19-21(14-17)26-22-15-18(25(3)4)11-13-20(22)23(19)16-8-6-5-7-9-16;/h5-15H,1-4H3;1H/q+1;/p-1. The molecule has 0 radical (unpaired) electrons. The minimum Gasteiger partial charge on any atom is -1.00 e. The molecule has 0 amide bonds. The van der Waals surface area contributed by atoms with Gasteiger partial charge in [0, 0.05) is 0 Å². The molecule has 2 aromatic rings. The van der Waals surface area contributed by atoms with E-state index in [1.807, 2.05) is 0 Å². The largest absolute Gasteiger partial charge is 1.00 e. The minimum atomic E-state index is -0.417. The Morgan fingerprint density at radius 2 is 1.59 bits per heavy atom. The Bertz CT molecular complexity index is 1130. The van der Waals surface area contributed by atoms with Crippen LogP contribution in [-0.4, -0.2) is 48.6 Å². The quantitative estimate of drug-likeness (QED) is 0.209. The van der Waals surface area contributed by atoms with Crippen LogP contribution in [0, 0.1) is 0 Å². The number of benzene rings is 3. The predicted octanol–water partition coefficient (Wildman–Crippen LogP) is 0.770. The molecule has 0 aromatic heterocycles. The van der Waals surface area contributed by atoms with E-state index >= 15 is 0 Å². The van der Waals surface area contributed by atoms with Gasteiger partial charge in [-0.15, -0.1) is 0 Å². The molecule has 1 aliphatic carbocycles. The average molecular weight is 535 g/mol. The fraction of sp³-hybridized carbons (Fsp3) is 0.174. The molecule has 2 aliphatic rings. The maximum absolute atomic E-state index is 2.39. The Hall–Kier alpha value is -1.60. The summed E-state index contributed by atoms with van der Waals surface area (Å²) in [6, 6.07) is 24.7. The molecule has 1 aliphatic heterocycles. The van der Waals surface area contributed by atoms with Crippen molar-refractivity contribution in [3.63, 3.8) is 0 Å². The summed E-state index contributed by atoms with van der Waals surface area (Å²) in [7, 11) is 8.46. The first-order valence-electron chi connectivity index (χ1n) is 8.78. The SMILES string of the molecule is CN(C)c1ccc2c(-c3ccccc3)c3ccc(=[N+](C)C)cc-3[te]c2c1.[Br-]. The zero-order valence-corrected chi connectivity index (χ0v) is 19.9. The summed E-state index contributed by atoms with van der Waals surface area (Å²) in [5.74, 6) is 0. The number of nitrogens with zero attached hydrogens (tertiary/aromatic N) is 2. The molecule has 2 nitrogen and oxygen atoms in total. The van der Waals surface area contributed by atoms with Crippen molar-refractivity contribution in [3.8, 4) is 20.3 Å². The zero-order chi connectivity index (χ0) is 18.3. The maximum Gasteiger partial charge on any atom is -1.00 e. The first kappa shape index (κ1) is 20.1. The summed E-state index contributed by atoms with van der Waals surface area (Å²) in [6.07, 6.45) is 0. The number of anilines is 1. The van der Waals surface area contributed by atoms with Gasteiger partial charge in [-0.25, -0.2) is 0 Å². The number of hydrogen-bond donors (Lipinski definition) is 0. The van der Waals surface area contributed by atoms with E-state index in [-0.39, 0.29) is 17.0 Å². The average Bonchev–Trinajstić information content (AvgIpc) is 2.65. The molecule has 4 rings (SSSR count). The van der Waals surface area contributed by atoms with E-state index in [1.165, 1.54) is 40.1 Å². The van der Waals surface area contributed by atoms with Gasteiger partial charge in [0.25, 0.3) is 0 Å². The second-order valence-corrected chi connectivity index (χ2v) is 10.1. The Morgan fingerprint density at radius 1 is 0.852 bits per heavy atom. The second-order valence-electron chi connectivity index (χ2n) is 6.99. The van der Waals surface area contributed by atoms with Gasteiger partial charge in [-0.1, -0.05) is 0 Å². The van der Waals surface area contributed by atoms with E-state index in [1.54, 1.807) is 0 Å². The molecule has 0 N–H and O–H groups in total. The topological polar surface area (TPSA) is 6.25 Å². The van der Waals surface area contributed by atoms with Gasteiger partial charge in [-0.3, -0.25) is 0 Å². The van der Waals surface area contributed by atoms with Gasteiger partial charge in [-0.05, 0) is 0 Å². The van der Waals surface area contributed by atoms with Gasteiger partial charge in [0.15, 0.2) is 0 Å². The molecule has 0 fully saturated rings. The minimum absolute atomic E-state index is 0. The van der Waals surface area contributed by atoms with Crippen molar-refractivity contribution in [1.82, 2.24) is 4.58 Å². The zero-order valence-electron chi connectivity index (χ0n) is 16.0. The summed E-state index contributed by atoms with van der Waals surface area (Å²) >= 11 is -0.417. The van der Waals surface area contributed by atoms with Crippen LogP contribution in [0.5, 0.6) is 0 Å². The summed E-state index contributed by atoms with van der Waals surface area (Å²) in [5, 5.41) is 2.70. The molecule has 0 saturated carbocycles. The third kappa shape index (κ3) is 3.85. The Labute approximate surface area is 181 Å². The van der Waals surface area contributed by atoms with E-state index in [0.717, 1.165) is 0 Å². The fourth-order valence-electron chi connectivity index (χ4n) is 3.34. The Balaban J connectivity index is 0.00000210. The normalized spacial score (nSPS) is 10.7. The Morgan fingerprint density at radius 3 is 2.26 bits per heavy atom. The molecule has 138 valence electrons. The first-order chi connectivity index (χ1) is 12.5. The van der Waals surface area contributed by atoms with Crippen LogP contribution in [0.1, 0.15) is 0 Å². The van der Waals surface area contributed by atoms with Crippen LogP contribution >= 0.6 is 0 Å². The summed E-state index contributed by atoms with van der Waals surface area (Å²) in [4.78, 5) is 2.20. The van der Waals surface area contributed by atoms with Gasteiger partial charge in [0.05, 0.1) is 0 Å². The van der Waals surface area contributed by atoms with E-state index in [0.29, 0.717) is 0 Å². The maximum atomic E-state index is 2.39. The predicted molar refractivity (Wildman–Crippen MR) is 114 cm³/mol. The molecule has 0 unspecified atom stereocenters. The van der Waals surface area contributed by atoms with Crippen LogP contribution in [0.4, 0.5) is 5.69 Å². The van der Waals surface area contributed by atoms with Crippen molar-refractivity contribution in [3.05, 3.63) is 72.1 Å². The van der Waals surface area contributed by atoms with Crippen molar-refractivity contribution in [2.45, 2.75) is 0 Å². The van der Waals surface area contributed by atoms with Crippen molar-refractivity contribution in [2.24, 2.45) is 0 Å². The van der Waals surface area contributed by atoms with E-state index in [2.05, 4.69) is 104 Å². The van der Waals surface area contributed by atoms with Crippen LogP contribution in [0.25, 0.3) is 29.1 Å². The van der Waals surface area contributed by atoms with Crippen molar-refractivity contribution < 1.29 is 17.0 Å². The second kappa shape index (κ2) is 8.19. The Kier molecular flexibility index (Phi) is 6.11. The van der Waals surface area contributed by atoms with Crippen molar-refractivity contribution in [1.29, 1.82) is 0 Å². The molecular formula is C23H23BrN2Te. The monoisotopic (exact) mass is 536 g/mol. The van der Waals surface area contributed by atoms with Crippen LogP contribution in [0.2, 0.25) is 0 Å². The van der Waals surface area contributed by atoms with Gasteiger partial charge >= 0.3 is 165 Å². The van der Waals surface area contributed by atoms with Gasteiger partial charge < -0.3 is 17.0 Å². The third-order valence-electron chi connectivity index (χ3n) is 4.78. The molecule has 4 heteroatoms. The third-order valence-corrected chi connectivity index (χ3v) is 7.97. The van der Waals surface area contributed by atoms with Gasteiger partial charge in [-0.2, -0.15) is 0 Å². The van der Waals surface area contributed by atoms with Gasteiger partial charge in [0.2, 0.25) is 0 Å². The van der Waals surface area contributed by atoms with Gasteiger partial charge in [0.1, 0.15) is 0 Å². The van der Waals surface area contributed by atoms with Crippen LogP contribution in [0.3, 0.4) is 0 Å². The number of fused-ring (bicyclic) bond motifs is 2.